The zero-order valence-corrected chi connectivity index (χ0v) is 18.9. The Kier molecular flexibility index (Phi) is 6.00. The van der Waals surface area contributed by atoms with Crippen molar-refractivity contribution in [2.75, 3.05) is 31.8 Å². The molecule has 0 radical (unpaired) electrons. The third kappa shape index (κ3) is 4.37. The quantitative estimate of drug-likeness (QED) is 0.518. The van der Waals surface area contributed by atoms with E-state index in [1.54, 1.807) is 36.4 Å². The van der Waals surface area contributed by atoms with Crippen LogP contribution in [-0.4, -0.2) is 60.0 Å². The second kappa shape index (κ2) is 9.26. The monoisotopic (exact) mass is 480 g/mol. The van der Waals surface area contributed by atoms with E-state index in [2.05, 4.69) is 9.97 Å². The molecule has 1 aromatic carbocycles. The van der Waals surface area contributed by atoms with E-state index in [9.17, 15) is 14.7 Å². The van der Waals surface area contributed by atoms with E-state index in [0.29, 0.717) is 52.9 Å². The molecule has 2 aliphatic rings. The predicted molar refractivity (Wildman–Crippen MR) is 123 cm³/mol. The normalized spacial score (nSPS) is 18.7. The van der Waals surface area contributed by atoms with Gasteiger partial charge >= 0.3 is 6.09 Å². The summed E-state index contributed by atoms with van der Waals surface area (Å²) >= 11 is 0. The Labute approximate surface area is 200 Å². The van der Waals surface area contributed by atoms with Crippen LogP contribution in [0.1, 0.15) is 18.1 Å². The number of aliphatic hydroxyl groups excluding tert-OH is 1. The van der Waals surface area contributed by atoms with Gasteiger partial charge < -0.3 is 29.8 Å². The van der Waals surface area contributed by atoms with E-state index in [1.807, 2.05) is 0 Å². The van der Waals surface area contributed by atoms with Crippen molar-refractivity contribution >= 4 is 28.7 Å². The van der Waals surface area contributed by atoms with Gasteiger partial charge in [0.25, 0.3) is 0 Å². The molecule has 3 N–H and O–H groups in total. The number of anilines is 1. The molecule has 3 atom stereocenters. The molecule has 1 fully saturated rings. The van der Waals surface area contributed by atoms with Crippen LogP contribution in [0.25, 0.3) is 11.0 Å². The Bertz CT molecular complexity index is 1280. The van der Waals surface area contributed by atoms with E-state index in [4.69, 9.17) is 24.7 Å². The van der Waals surface area contributed by atoms with Crippen molar-refractivity contribution < 1.29 is 33.6 Å². The van der Waals surface area contributed by atoms with Crippen LogP contribution in [0.3, 0.4) is 0 Å². The molecule has 0 saturated carbocycles. The highest BCUT2D eigenvalue weighted by molar-refractivity contribution is 5.90. The number of fused-ring (bicyclic) bond motifs is 2. The molecular weight excluding hydrogens is 456 g/mol. The molecule has 182 valence electrons. The number of hydrogen-bond donors (Lipinski definition) is 2. The smallest absolute Gasteiger partial charge is 0.414 e. The van der Waals surface area contributed by atoms with Crippen LogP contribution in [0, 0.1) is 5.92 Å². The first-order valence-corrected chi connectivity index (χ1v) is 11.1. The van der Waals surface area contributed by atoms with Crippen LogP contribution in [-0.2, 0) is 9.53 Å². The first-order valence-electron chi connectivity index (χ1n) is 11.1. The summed E-state index contributed by atoms with van der Waals surface area (Å²) in [5, 5.41) is 11.2. The largest absolute Gasteiger partial charge is 0.486 e. The van der Waals surface area contributed by atoms with Crippen molar-refractivity contribution in [3.63, 3.8) is 0 Å². The summed E-state index contributed by atoms with van der Waals surface area (Å²) in [6.45, 7) is 1.07. The van der Waals surface area contributed by atoms with Gasteiger partial charge in [0.05, 0.1) is 42.4 Å². The average molecular weight is 480 g/mol. The molecule has 2 aromatic heterocycles. The van der Waals surface area contributed by atoms with Gasteiger partial charge in [0.2, 0.25) is 11.8 Å². The number of cyclic esters (lactones) is 1. The van der Waals surface area contributed by atoms with Gasteiger partial charge in [0.1, 0.15) is 19.3 Å². The number of rotatable bonds is 7. The summed E-state index contributed by atoms with van der Waals surface area (Å²) < 4.78 is 21.8. The van der Waals surface area contributed by atoms with Gasteiger partial charge in [-0.1, -0.05) is 0 Å². The number of aliphatic hydroxyl groups is 1. The molecule has 11 nitrogen and oxygen atoms in total. The Hall–Kier alpha value is -4.12. The number of pyridine rings is 2. The van der Waals surface area contributed by atoms with Crippen LogP contribution >= 0.6 is 0 Å². The third-order valence-electron chi connectivity index (χ3n) is 6.09. The van der Waals surface area contributed by atoms with Crippen molar-refractivity contribution in [1.29, 1.82) is 0 Å². The molecule has 1 unspecified atom stereocenters. The summed E-state index contributed by atoms with van der Waals surface area (Å²) in [6.07, 6.45) is -0.980. The van der Waals surface area contributed by atoms with Gasteiger partial charge in [-0.2, -0.15) is 0 Å². The molecule has 0 bridgehead atoms. The Morgan fingerprint density at radius 3 is 2.80 bits per heavy atom. The lowest BCUT2D eigenvalue weighted by molar-refractivity contribution is -0.126. The number of primary amides is 1. The van der Waals surface area contributed by atoms with Gasteiger partial charge in [-0.05, 0) is 24.3 Å². The van der Waals surface area contributed by atoms with Gasteiger partial charge in [-0.3, -0.25) is 14.7 Å². The van der Waals surface area contributed by atoms with Crippen molar-refractivity contribution in [2.24, 2.45) is 11.7 Å². The number of nitrogens with two attached hydrogens (primary N) is 1. The van der Waals surface area contributed by atoms with Gasteiger partial charge in [-0.25, -0.2) is 9.78 Å². The fourth-order valence-corrected chi connectivity index (χ4v) is 4.34. The lowest BCUT2D eigenvalue weighted by Gasteiger charge is -2.23. The maximum absolute atomic E-state index is 12.6. The number of methoxy groups -OCH3 is 1. The molecule has 2 amide bonds. The molecule has 5 rings (SSSR count). The number of aromatic nitrogens is 2. The van der Waals surface area contributed by atoms with Crippen molar-refractivity contribution in [3.05, 3.63) is 48.2 Å². The van der Waals surface area contributed by atoms with Gasteiger partial charge in [0.15, 0.2) is 11.5 Å². The summed E-state index contributed by atoms with van der Waals surface area (Å²) in [4.78, 5) is 35.1. The predicted octanol–water partition coefficient (Wildman–Crippen LogP) is 1.96. The molecule has 0 spiro atoms. The fourth-order valence-electron chi connectivity index (χ4n) is 4.34. The first-order chi connectivity index (χ1) is 16.9. The summed E-state index contributed by atoms with van der Waals surface area (Å²) in [5.41, 5.74) is 7.55. The van der Waals surface area contributed by atoms with Crippen LogP contribution in [0.2, 0.25) is 0 Å². The minimum atomic E-state index is -1.29. The summed E-state index contributed by atoms with van der Waals surface area (Å²) in [7, 11) is 1.48. The number of hydrogen-bond acceptors (Lipinski definition) is 9. The van der Waals surface area contributed by atoms with Crippen molar-refractivity contribution in [3.8, 4) is 17.4 Å². The first kappa shape index (κ1) is 22.7. The number of amides is 2. The third-order valence-corrected chi connectivity index (χ3v) is 6.09. The SMILES string of the molecule is COc1ccc2nccc([C@H](O)C(C[C@@H]3CN(c4ccc5c(c4)OCCO5)C(=O)O3)C(N)=O)c2n1. The average Bonchev–Trinajstić information content (AvgIpc) is 3.25. The number of carbonyl (C=O) groups is 2. The van der Waals surface area contributed by atoms with E-state index < -0.39 is 30.1 Å². The highest BCUT2D eigenvalue weighted by atomic mass is 16.6. The number of carbonyl (C=O) groups excluding carboxylic acids is 2. The molecule has 35 heavy (non-hydrogen) atoms. The Morgan fingerprint density at radius 1 is 1.23 bits per heavy atom. The minimum Gasteiger partial charge on any atom is -0.486 e. The summed E-state index contributed by atoms with van der Waals surface area (Å²) in [5.74, 6) is -0.265. The van der Waals surface area contributed by atoms with Gasteiger partial charge in [0, 0.05) is 30.3 Å². The fraction of sp³-hybridized carbons (Fsp3) is 0.333. The van der Waals surface area contributed by atoms with E-state index in [1.165, 1.54) is 18.2 Å². The molecule has 2 aliphatic heterocycles. The van der Waals surface area contributed by atoms with Crippen LogP contribution in [0.15, 0.2) is 42.6 Å². The second-order valence-electron chi connectivity index (χ2n) is 8.26. The Balaban J connectivity index is 1.36. The number of nitrogens with zero attached hydrogens (tertiary/aromatic N) is 3. The zero-order valence-electron chi connectivity index (χ0n) is 18.9. The van der Waals surface area contributed by atoms with Crippen LogP contribution < -0.4 is 24.8 Å². The Morgan fingerprint density at radius 2 is 2.03 bits per heavy atom. The molecule has 1 saturated heterocycles. The maximum atomic E-state index is 12.6. The molecule has 11 heteroatoms. The second-order valence-corrected chi connectivity index (χ2v) is 8.26. The topological polar surface area (TPSA) is 146 Å². The number of ether oxygens (including phenoxy) is 4. The van der Waals surface area contributed by atoms with Crippen molar-refractivity contribution in [2.45, 2.75) is 18.6 Å². The van der Waals surface area contributed by atoms with Crippen molar-refractivity contribution in [1.82, 2.24) is 9.97 Å². The number of benzene rings is 1. The maximum Gasteiger partial charge on any atom is 0.414 e. The van der Waals surface area contributed by atoms with E-state index in [0.717, 1.165) is 0 Å². The molecule has 4 heterocycles. The molecule has 0 aliphatic carbocycles. The highest BCUT2D eigenvalue weighted by Gasteiger charge is 2.38. The lowest BCUT2D eigenvalue weighted by Crippen LogP contribution is -2.33. The van der Waals surface area contributed by atoms with Crippen LogP contribution in [0.4, 0.5) is 10.5 Å². The van der Waals surface area contributed by atoms with E-state index in [-0.39, 0.29) is 13.0 Å². The molecular formula is C24H24N4O7. The summed E-state index contributed by atoms with van der Waals surface area (Å²) in [6, 6.07) is 10.1. The van der Waals surface area contributed by atoms with Crippen LogP contribution in [0.5, 0.6) is 17.4 Å². The van der Waals surface area contributed by atoms with E-state index >= 15 is 0 Å². The lowest BCUT2D eigenvalue weighted by atomic mass is 9.89. The molecule has 3 aromatic rings. The van der Waals surface area contributed by atoms with Gasteiger partial charge in [-0.15, -0.1) is 0 Å². The highest BCUT2D eigenvalue weighted by Crippen LogP contribution is 2.37. The standard InChI is InChI=1S/C24H24N4O7/c1-32-20-5-3-17-21(27-20)15(6-7-26-17)22(29)16(23(25)30)11-14-12-28(24(31)35-14)13-2-4-18-19(10-13)34-9-8-33-18/h2-7,10,14,16,22,29H,8-9,11-12H2,1H3,(H2,25,30)/t14-,16?,22+/m1/s1. The zero-order chi connectivity index (χ0) is 24.5. The minimum absolute atomic E-state index is 0.0249.